The zero-order chi connectivity index (χ0) is 9.97. The molecule has 0 spiro atoms. The van der Waals surface area contributed by atoms with E-state index in [4.69, 9.17) is 4.74 Å². The average molecular weight is 190 g/mol. The summed E-state index contributed by atoms with van der Waals surface area (Å²) in [4.78, 5) is 10.2. The molecule has 0 aliphatic heterocycles. The first kappa shape index (κ1) is 8.69. The van der Waals surface area contributed by atoms with Crippen molar-refractivity contribution in [1.29, 1.82) is 0 Å². The molecule has 0 N–H and O–H groups in total. The monoisotopic (exact) mass is 190 g/mol. The normalized spacial score (nSPS) is 10.1. The second-order valence-corrected chi connectivity index (χ2v) is 2.81. The molecule has 0 aliphatic rings. The fourth-order valence-electron chi connectivity index (χ4n) is 1.39. The van der Waals surface area contributed by atoms with Gasteiger partial charge in [0, 0.05) is 10.8 Å². The first-order chi connectivity index (χ1) is 6.83. The Hall–Kier alpha value is -1.90. The number of halogens is 1. The van der Waals surface area contributed by atoms with Gasteiger partial charge in [-0.05, 0) is 12.1 Å². The van der Waals surface area contributed by atoms with Gasteiger partial charge in [0.2, 0.25) is 0 Å². The first-order valence-electron chi connectivity index (χ1n) is 4.10. The van der Waals surface area contributed by atoms with Crippen LogP contribution >= 0.6 is 0 Å². The lowest BCUT2D eigenvalue weighted by Gasteiger charge is -2.03. The van der Waals surface area contributed by atoms with Gasteiger partial charge in [0.1, 0.15) is 11.6 Å². The van der Waals surface area contributed by atoms with E-state index < -0.39 is 0 Å². The molecule has 0 aromatic heterocycles. The molecule has 0 fully saturated rings. The second-order valence-electron chi connectivity index (χ2n) is 2.81. The molecule has 2 rings (SSSR count). The summed E-state index contributed by atoms with van der Waals surface area (Å²) < 4.78 is 18.0. The number of fused-ring (bicyclic) bond motifs is 1. The van der Waals surface area contributed by atoms with E-state index in [2.05, 4.69) is 0 Å². The number of carbonyl (C=O) groups excluding carboxylic acids is 1. The first-order valence-corrected chi connectivity index (χ1v) is 4.10. The highest BCUT2D eigenvalue weighted by Gasteiger charge is 2.05. The standard InChI is InChI=1S/C11H7FO2/c12-10-5-6-11(14-7-13)9-4-2-1-3-8(9)10/h1-7H. The fourth-order valence-corrected chi connectivity index (χ4v) is 1.39. The van der Waals surface area contributed by atoms with Gasteiger partial charge >= 0.3 is 0 Å². The molecule has 0 heterocycles. The van der Waals surface area contributed by atoms with E-state index >= 15 is 0 Å². The molecule has 0 atom stereocenters. The van der Waals surface area contributed by atoms with E-state index in [1.165, 1.54) is 12.1 Å². The van der Waals surface area contributed by atoms with Crippen molar-refractivity contribution < 1.29 is 13.9 Å². The molecule has 0 bridgehead atoms. The molecular weight excluding hydrogens is 183 g/mol. The van der Waals surface area contributed by atoms with E-state index in [0.29, 0.717) is 23.0 Å². The van der Waals surface area contributed by atoms with Crippen molar-refractivity contribution in [3.63, 3.8) is 0 Å². The largest absolute Gasteiger partial charge is 0.428 e. The van der Waals surface area contributed by atoms with Gasteiger partial charge in [0.15, 0.2) is 0 Å². The Morgan fingerprint density at radius 3 is 2.50 bits per heavy atom. The minimum Gasteiger partial charge on any atom is -0.428 e. The second kappa shape index (κ2) is 3.46. The highest BCUT2D eigenvalue weighted by atomic mass is 19.1. The van der Waals surface area contributed by atoms with Gasteiger partial charge in [-0.1, -0.05) is 24.3 Å². The van der Waals surface area contributed by atoms with Crippen molar-refractivity contribution in [3.8, 4) is 5.75 Å². The van der Waals surface area contributed by atoms with Crippen LogP contribution in [-0.2, 0) is 4.79 Å². The van der Waals surface area contributed by atoms with Crippen molar-refractivity contribution in [2.75, 3.05) is 0 Å². The van der Waals surface area contributed by atoms with Crippen molar-refractivity contribution >= 4 is 17.2 Å². The number of rotatable bonds is 2. The maximum Gasteiger partial charge on any atom is 0.298 e. The molecule has 0 amide bonds. The summed E-state index contributed by atoms with van der Waals surface area (Å²) in [7, 11) is 0. The van der Waals surface area contributed by atoms with Crippen LogP contribution in [0.25, 0.3) is 10.8 Å². The molecule has 14 heavy (non-hydrogen) atoms. The Balaban J connectivity index is 2.74. The Kier molecular flexibility index (Phi) is 2.14. The van der Waals surface area contributed by atoms with E-state index in [-0.39, 0.29) is 5.82 Å². The smallest absolute Gasteiger partial charge is 0.298 e. The molecule has 0 saturated heterocycles. The van der Waals surface area contributed by atoms with Gasteiger partial charge in [-0.15, -0.1) is 0 Å². The lowest BCUT2D eigenvalue weighted by molar-refractivity contribution is -0.120. The summed E-state index contributed by atoms with van der Waals surface area (Å²) in [5.74, 6) is 0.0517. The zero-order valence-electron chi connectivity index (χ0n) is 7.24. The SMILES string of the molecule is O=COc1ccc(F)c2ccccc12. The van der Waals surface area contributed by atoms with E-state index in [1.807, 2.05) is 0 Å². The van der Waals surface area contributed by atoms with Crippen LogP contribution in [0, 0.1) is 5.82 Å². The van der Waals surface area contributed by atoms with E-state index in [1.54, 1.807) is 24.3 Å². The quantitative estimate of drug-likeness (QED) is 0.680. The number of hydrogen-bond acceptors (Lipinski definition) is 2. The third-order valence-corrected chi connectivity index (χ3v) is 2.01. The van der Waals surface area contributed by atoms with Crippen LogP contribution in [0.2, 0.25) is 0 Å². The van der Waals surface area contributed by atoms with Gasteiger partial charge in [0.25, 0.3) is 6.47 Å². The van der Waals surface area contributed by atoms with Crippen molar-refractivity contribution in [2.24, 2.45) is 0 Å². The summed E-state index contributed by atoms with van der Waals surface area (Å²) in [5.41, 5.74) is 0. The predicted molar refractivity (Wildman–Crippen MR) is 50.6 cm³/mol. The summed E-state index contributed by atoms with van der Waals surface area (Å²) in [6.07, 6.45) is 0. The number of ether oxygens (including phenoxy) is 1. The van der Waals surface area contributed by atoms with Crippen molar-refractivity contribution in [3.05, 3.63) is 42.2 Å². The molecule has 0 radical (unpaired) electrons. The summed E-state index contributed by atoms with van der Waals surface area (Å²) in [5, 5.41) is 1.05. The summed E-state index contributed by atoms with van der Waals surface area (Å²) >= 11 is 0. The topological polar surface area (TPSA) is 26.3 Å². The summed E-state index contributed by atoms with van der Waals surface area (Å²) in [6.45, 7) is 0.333. The lowest BCUT2D eigenvalue weighted by Crippen LogP contribution is -1.90. The van der Waals surface area contributed by atoms with E-state index in [9.17, 15) is 9.18 Å². The lowest BCUT2D eigenvalue weighted by atomic mass is 10.1. The van der Waals surface area contributed by atoms with Crippen LogP contribution in [-0.4, -0.2) is 6.47 Å². The van der Waals surface area contributed by atoms with Crippen LogP contribution in [0.4, 0.5) is 4.39 Å². The highest BCUT2D eigenvalue weighted by molar-refractivity contribution is 5.89. The molecule has 2 aromatic rings. The number of hydrogen-bond donors (Lipinski definition) is 0. The Labute approximate surface area is 79.9 Å². The third kappa shape index (κ3) is 1.33. The van der Waals surface area contributed by atoms with Crippen molar-refractivity contribution in [2.45, 2.75) is 0 Å². The summed E-state index contributed by atoms with van der Waals surface area (Å²) in [6, 6.07) is 9.56. The fraction of sp³-hybridized carbons (Fsp3) is 0. The van der Waals surface area contributed by atoms with Gasteiger partial charge in [-0.3, -0.25) is 4.79 Å². The van der Waals surface area contributed by atoms with Crippen LogP contribution in [0.1, 0.15) is 0 Å². The van der Waals surface area contributed by atoms with Gasteiger partial charge in [0.05, 0.1) is 0 Å². The molecule has 0 saturated carbocycles. The zero-order valence-corrected chi connectivity index (χ0v) is 7.24. The van der Waals surface area contributed by atoms with Gasteiger partial charge < -0.3 is 4.74 Å². The molecular formula is C11H7FO2. The van der Waals surface area contributed by atoms with Gasteiger partial charge in [-0.2, -0.15) is 0 Å². The molecule has 3 heteroatoms. The van der Waals surface area contributed by atoms with Crippen LogP contribution in [0.5, 0.6) is 5.75 Å². The van der Waals surface area contributed by atoms with E-state index in [0.717, 1.165) is 0 Å². The number of benzene rings is 2. The van der Waals surface area contributed by atoms with Crippen molar-refractivity contribution in [1.82, 2.24) is 0 Å². The molecule has 2 nitrogen and oxygen atoms in total. The molecule has 0 unspecified atom stereocenters. The third-order valence-electron chi connectivity index (χ3n) is 2.01. The predicted octanol–water partition coefficient (Wildman–Crippen LogP) is 2.51. The Morgan fingerprint density at radius 1 is 1.07 bits per heavy atom. The van der Waals surface area contributed by atoms with Crippen LogP contribution in [0.3, 0.4) is 0 Å². The minimum absolute atomic E-state index is 0.321. The van der Waals surface area contributed by atoms with Gasteiger partial charge in [-0.25, -0.2) is 4.39 Å². The maximum atomic E-state index is 13.3. The molecule has 70 valence electrons. The maximum absolute atomic E-state index is 13.3. The molecule has 2 aromatic carbocycles. The highest BCUT2D eigenvalue weighted by Crippen LogP contribution is 2.27. The average Bonchev–Trinajstić information content (AvgIpc) is 2.23. The number of carbonyl (C=O) groups is 1. The Morgan fingerprint density at radius 2 is 1.79 bits per heavy atom. The molecule has 0 aliphatic carbocycles. The minimum atomic E-state index is -0.321. The van der Waals surface area contributed by atoms with Crippen LogP contribution in [0.15, 0.2) is 36.4 Å². The van der Waals surface area contributed by atoms with Crippen LogP contribution < -0.4 is 4.74 Å². The Bertz CT molecular complexity index is 480.